The highest BCUT2D eigenvalue weighted by Crippen LogP contribution is 2.24. The second kappa shape index (κ2) is 6.02. The van der Waals surface area contributed by atoms with Gasteiger partial charge in [0.1, 0.15) is 5.82 Å². The van der Waals surface area contributed by atoms with Crippen LogP contribution in [0.4, 0.5) is 4.39 Å². The molecule has 0 aromatic heterocycles. The van der Waals surface area contributed by atoms with E-state index in [-0.39, 0.29) is 11.3 Å². The minimum Gasteiger partial charge on any atom is -0.299 e. The van der Waals surface area contributed by atoms with E-state index in [9.17, 15) is 12.8 Å². The van der Waals surface area contributed by atoms with Gasteiger partial charge in [0.25, 0.3) is 0 Å². The minimum atomic E-state index is -3.45. The van der Waals surface area contributed by atoms with Crippen molar-refractivity contribution in [2.45, 2.75) is 31.1 Å². The van der Waals surface area contributed by atoms with E-state index in [4.69, 9.17) is 0 Å². The van der Waals surface area contributed by atoms with Crippen molar-refractivity contribution in [3.63, 3.8) is 0 Å². The predicted molar refractivity (Wildman–Crippen MR) is 79.8 cm³/mol. The zero-order valence-electron chi connectivity index (χ0n) is 12.0. The molecule has 0 saturated carbocycles. The van der Waals surface area contributed by atoms with Gasteiger partial charge in [-0.05, 0) is 38.4 Å². The highest BCUT2D eigenvalue weighted by Gasteiger charge is 2.33. The van der Waals surface area contributed by atoms with E-state index in [0.717, 1.165) is 32.4 Å². The molecule has 4 nitrogen and oxygen atoms in total. The van der Waals surface area contributed by atoms with Gasteiger partial charge >= 0.3 is 0 Å². The quantitative estimate of drug-likeness (QED) is 0.855. The fourth-order valence-electron chi connectivity index (χ4n) is 3.33. The molecule has 0 radical (unpaired) electrons. The van der Waals surface area contributed by atoms with Crippen LogP contribution < -0.4 is 0 Å². The molecule has 0 N–H and O–H groups in total. The molecule has 1 atom stereocenters. The maximum absolute atomic E-state index is 13.7. The molecule has 2 aliphatic rings. The Morgan fingerprint density at radius 3 is 2.71 bits per heavy atom. The average molecular weight is 312 g/mol. The molecular weight excluding hydrogens is 291 g/mol. The van der Waals surface area contributed by atoms with Gasteiger partial charge in [0.15, 0.2) is 0 Å². The molecule has 0 aliphatic carbocycles. The third kappa shape index (κ3) is 3.27. The van der Waals surface area contributed by atoms with E-state index >= 15 is 0 Å². The molecule has 2 heterocycles. The number of benzene rings is 1. The van der Waals surface area contributed by atoms with Gasteiger partial charge in [-0.1, -0.05) is 18.2 Å². The van der Waals surface area contributed by atoms with Gasteiger partial charge in [0, 0.05) is 24.7 Å². The number of nitrogens with zero attached hydrogens (tertiary/aromatic N) is 2. The Bertz CT molecular complexity index is 605. The first-order valence-electron chi connectivity index (χ1n) is 7.51. The van der Waals surface area contributed by atoms with E-state index < -0.39 is 15.8 Å². The normalized spacial score (nSPS) is 24.7. The van der Waals surface area contributed by atoms with Crippen molar-refractivity contribution >= 4 is 10.0 Å². The van der Waals surface area contributed by atoms with E-state index in [1.807, 2.05) is 0 Å². The molecule has 0 bridgehead atoms. The summed E-state index contributed by atoms with van der Waals surface area (Å²) >= 11 is 0. The fraction of sp³-hybridized carbons (Fsp3) is 0.600. The van der Waals surface area contributed by atoms with Crippen LogP contribution in [0.1, 0.15) is 24.8 Å². The zero-order chi connectivity index (χ0) is 14.9. The van der Waals surface area contributed by atoms with E-state index in [0.29, 0.717) is 19.1 Å². The number of halogens is 1. The Labute approximate surface area is 125 Å². The second-order valence-corrected chi connectivity index (χ2v) is 7.86. The lowest BCUT2D eigenvalue weighted by Gasteiger charge is -2.25. The lowest BCUT2D eigenvalue weighted by Crippen LogP contribution is -2.40. The SMILES string of the molecule is O=S(=O)(Cc1ccccc1F)N1CCCN2CCC[C@H]2C1. The highest BCUT2D eigenvalue weighted by atomic mass is 32.2. The first-order chi connectivity index (χ1) is 10.1. The van der Waals surface area contributed by atoms with E-state index in [2.05, 4.69) is 4.90 Å². The summed E-state index contributed by atoms with van der Waals surface area (Å²) in [5, 5.41) is 0. The molecule has 3 rings (SSSR count). The minimum absolute atomic E-state index is 0.244. The lowest BCUT2D eigenvalue weighted by atomic mass is 10.2. The molecule has 6 heteroatoms. The summed E-state index contributed by atoms with van der Waals surface area (Å²) in [5.41, 5.74) is 0.255. The van der Waals surface area contributed by atoms with Crippen LogP contribution in [-0.2, 0) is 15.8 Å². The van der Waals surface area contributed by atoms with Crippen molar-refractivity contribution in [3.8, 4) is 0 Å². The molecule has 1 aromatic rings. The fourth-order valence-corrected chi connectivity index (χ4v) is 4.94. The summed E-state index contributed by atoms with van der Waals surface area (Å²) in [6.07, 6.45) is 3.06. The number of fused-ring (bicyclic) bond motifs is 1. The number of rotatable bonds is 3. The molecular formula is C15H21FN2O2S. The van der Waals surface area contributed by atoms with Crippen molar-refractivity contribution < 1.29 is 12.8 Å². The smallest absolute Gasteiger partial charge is 0.218 e. The van der Waals surface area contributed by atoms with Crippen LogP contribution in [0, 0.1) is 5.82 Å². The third-order valence-corrected chi connectivity index (χ3v) is 6.25. The van der Waals surface area contributed by atoms with Crippen molar-refractivity contribution in [2.75, 3.05) is 26.2 Å². The number of hydrogen-bond donors (Lipinski definition) is 0. The van der Waals surface area contributed by atoms with Crippen molar-refractivity contribution in [1.82, 2.24) is 9.21 Å². The Kier molecular flexibility index (Phi) is 4.28. The standard InChI is InChI=1S/C15H21FN2O2S/c16-15-7-2-1-5-13(15)12-21(19,20)18-10-4-9-17-8-3-6-14(17)11-18/h1-2,5,7,14H,3-4,6,8-12H2/t14-/m0/s1. The molecule has 1 aromatic carbocycles. The Morgan fingerprint density at radius 1 is 1.14 bits per heavy atom. The van der Waals surface area contributed by atoms with Crippen LogP contribution in [0.15, 0.2) is 24.3 Å². The van der Waals surface area contributed by atoms with Crippen molar-refractivity contribution in [1.29, 1.82) is 0 Å². The Balaban J connectivity index is 1.76. The van der Waals surface area contributed by atoms with Gasteiger partial charge in [0.05, 0.1) is 5.75 Å². The highest BCUT2D eigenvalue weighted by molar-refractivity contribution is 7.88. The van der Waals surface area contributed by atoms with Gasteiger partial charge in [0.2, 0.25) is 10.0 Å². The third-order valence-electron chi connectivity index (χ3n) is 4.46. The predicted octanol–water partition coefficient (Wildman–Crippen LogP) is 1.83. The summed E-state index contributed by atoms with van der Waals surface area (Å²) in [7, 11) is -3.45. The molecule has 0 unspecified atom stereocenters. The monoisotopic (exact) mass is 312 g/mol. The van der Waals surface area contributed by atoms with Gasteiger partial charge < -0.3 is 0 Å². The van der Waals surface area contributed by atoms with Gasteiger partial charge in [-0.15, -0.1) is 0 Å². The number of sulfonamides is 1. The van der Waals surface area contributed by atoms with E-state index in [1.54, 1.807) is 22.5 Å². The summed E-state index contributed by atoms with van der Waals surface area (Å²) in [6, 6.07) is 6.45. The Hall–Kier alpha value is -0.980. The Morgan fingerprint density at radius 2 is 1.90 bits per heavy atom. The molecule has 116 valence electrons. The van der Waals surface area contributed by atoms with Crippen LogP contribution >= 0.6 is 0 Å². The first-order valence-corrected chi connectivity index (χ1v) is 9.12. The zero-order valence-corrected chi connectivity index (χ0v) is 12.9. The second-order valence-electron chi connectivity index (χ2n) is 5.89. The van der Waals surface area contributed by atoms with Crippen molar-refractivity contribution in [3.05, 3.63) is 35.6 Å². The topological polar surface area (TPSA) is 40.6 Å². The maximum Gasteiger partial charge on any atom is 0.218 e. The summed E-state index contributed by atoms with van der Waals surface area (Å²) in [5.74, 6) is -0.690. The summed E-state index contributed by atoms with van der Waals surface area (Å²) in [4.78, 5) is 2.39. The van der Waals surface area contributed by atoms with E-state index in [1.165, 1.54) is 6.07 Å². The lowest BCUT2D eigenvalue weighted by molar-refractivity contribution is 0.257. The van der Waals surface area contributed by atoms with Crippen LogP contribution in [-0.4, -0.2) is 49.8 Å². The first kappa shape index (κ1) is 14.9. The van der Waals surface area contributed by atoms with Gasteiger partial charge in [-0.3, -0.25) is 4.90 Å². The van der Waals surface area contributed by atoms with Crippen LogP contribution in [0.5, 0.6) is 0 Å². The molecule has 0 amide bonds. The molecule has 0 spiro atoms. The van der Waals surface area contributed by atoms with Crippen molar-refractivity contribution in [2.24, 2.45) is 0 Å². The molecule has 2 aliphatic heterocycles. The van der Waals surface area contributed by atoms with Gasteiger partial charge in [-0.2, -0.15) is 0 Å². The van der Waals surface area contributed by atoms with Crippen LogP contribution in [0.2, 0.25) is 0 Å². The van der Waals surface area contributed by atoms with Crippen LogP contribution in [0.3, 0.4) is 0 Å². The molecule has 21 heavy (non-hydrogen) atoms. The molecule has 2 fully saturated rings. The van der Waals surface area contributed by atoms with Gasteiger partial charge in [-0.25, -0.2) is 17.1 Å². The summed E-state index contributed by atoms with van der Waals surface area (Å²) in [6.45, 7) is 3.14. The average Bonchev–Trinajstić information content (AvgIpc) is 2.78. The maximum atomic E-state index is 13.7. The number of hydrogen-bond acceptors (Lipinski definition) is 3. The largest absolute Gasteiger partial charge is 0.299 e. The van der Waals surface area contributed by atoms with Crippen LogP contribution in [0.25, 0.3) is 0 Å². The summed E-state index contributed by atoms with van der Waals surface area (Å²) < 4.78 is 40.4. The molecule has 2 saturated heterocycles.